The fourth-order valence-corrected chi connectivity index (χ4v) is 2.27. The van der Waals surface area contributed by atoms with Crippen molar-refractivity contribution in [2.45, 2.75) is 45.6 Å². The minimum Gasteiger partial charge on any atom is -0.476 e. The Hall–Kier alpha value is -1.65. The standard InChI is InChI=1S/C13H19N3O2/c1-13(2)5-3-9(4-6-13)16-11-8-14-10(7-15-11)12(17)18/h7-9H,3-6H2,1-2H3,(H,15,16)(H,17,18). The molecule has 1 aromatic rings. The van der Waals surface area contributed by atoms with E-state index in [1.165, 1.54) is 25.2 Å². The summed E-state index contributed by atoms with van der Waals surface area (Å²) in [4.78, 5) is 18.6. The molecule has 0 radical (unpaired) electrons. The SMILES string of the molecule is CC1(C)CCC(Nc2cnc(C(=O)O)cn2)CC1. The van der Waals surface area contributed by atoms with Crippen LogP contribution in [-0.2, 0) is 0 Å². The summed E-state index contributed by atoms with van der Waals surface area (Å²) in [5.74, 6) is -0.391. The minimum atomic E-state index is -1.05. The van der Waals surface area contributed by atoms with Crippen LogP contribution in [0, 0.1) is 5.41 Å². The maximum Gasteiger partial charge on any atom is 0.356 e. The Bertz CT molecular complexity index is 418. The first-order chi connectivity index (χ1) is 8.46. The number of anilines is 1. The molecular formula is C13H19N3O2. The monoisotopic (exact) mass is 249 g/mol. The van der Waals surface area contributed by atoms with Crippen molar-refractivity contribution in [3.63, 3.8) is 0 Å². The van der Waals surface area contributed by atoms with Crippen LogP contribution in [0.5, 0.6) is 0 Å². The molecule has 1 saturated carbocycles. The number of nitrogens with one attached hydrogen (secondary N) is 1. The molecule has 18 heavy (non-hydrogen) atoms. The lowest BCUT2D eigenvalue weighted by Gasteiger charge is -2.34. The Balaban J connectivity index is 1.92. The van der Waals surface area contributed by atoms with Crippen molar-refractivity contribution >= 4 is 11.8 Å². The molecule has 98 valence electrons. The average molecular weight is 249 g/mol. The first kappa shape index (κ1) is 12.8. The number of nitrogens with zero attached hydrogens (tertiary/aromatic N) is 2. The number of carboxylic acid groups (broad SMARTS) is 1. The molecule has 5 nitrogen and oxygen atoms in total. The first-order valence-electron chi connectivity index (χ1n) is 6.28. The Morgan fingerprint density at radius 1 is 1.33 bits per heavy atom. The highest BCUT2D eigenvalue weighted by Crippen LogP contribution is 2.35. The second kappa shape index (κ2) is 4.92. The van der Waals surface area contributed by atoms with Crippen LogP contribution in [0.2, 0.25) is 0 Å². The largest absolute Gasteiger partial charge is 0.476 e. The highest BCUT2D eigenvalue weighted by molar-refractivity contribution is 5.84. The average Bonchev–Trinajstić information content (AvgIpc) is 2.33. The third-order valence-electron chi connectivity index (χ3n) is 3.56. The van der Waals surface area contributed by atoms with Crippen molar-refractivity contribution in [2.75, 3.05) is 5.32 Å². The molecule has 1 fully saturated rings. The molecule has 0 aromatic carbocycles. The Morgan fingerprint density at radius 2 is 2.00 bits per heavy atom. The van der Waals surface area contributed by atoms with Crippen LogP contribution in [0.15, 0.2) is 12.4 Å². The van der Waals surface area contributed by atoms with Crippen molar-refractivity contribution < 1.29 is 9.90 Å². The van der Waals surface area contributed by atoms with Crippen molar-refractivity contribution in [2.24, 2.45) is 5.41 Å². The lowest BCUT2D eigenvalue weighted by Crippen LogP contribution is -2.30. The van der Waals surface area contributed by atoms with E-state index in [-0.39, 0.29) is 5.69 Å². The zero-order valence-electron chi connectivity index (χ0n) is 10.8. The van der Waals surface area contributed by atoms with E-state index in [9.17, 15) is 4.79 Å². The second-order valence-electron chi connectivity index (χ2n) is 5.67. The van der Waals surface area contributed by atoms with Crippen LogP contribution in [0.3, 0.4) is 0 Å². The summed E-state index contributed by atoms with van der Waals surface area (Å²) in [6.07, 6.45) is 7.42. The topological polar surface area (TPSA) is 75.1 Å². The van der Waals surface area contributed by atoms with E-state index < -0.39 is 5.97 Å². The van der Waals surface area contributed by atoms with Gasteiger partial charge in [0.2, 0.25) is 0 Å². The molecule has 0 spiro atoms. The molecule has 1 heterocycles. The lowest BCUT2D eigenvalue weighted by atomic mass is 9.75. The zero-order chi connectivity index (χ0) is 13.2. The van der Waals surface area contributed by atoms with E-state index in [4.69, 9.17) is 5.11 Å². The molecule has 1 aliphatic rings. The number of carbonyl (C=O) groups is 1. The predicted octanol–water partition coefficient (Wildman–Crippen LogP) is 2.56. The molecule has 2 rings (SSSR count). The van der Waals surface area contributed by atoms with Crippen molar-refractivity contribution in [3.05, 3.63) is 18.1 Å². The molecule has 1 aromatic heterocycles. The van der Waals surface area contributed by atoms with Crippen molar-refractivity contribution in [1.29, 1.82) is 0 Å². The Kier molecular flexibility index (Phi) is 3.50. The van der Waals surface area contributed by atoms with Gasteiger partial charge in [-0.25, -0.2) is 14.8 Å². The number of hydrogen-bond acceptors (Lipinski definition) is 4. The summed E-state index contributed by atoms with van der Waals surface area (Å²) >= 11 is 0. The van der Waals surface area contributed by atoms with E-state index in [1.807, 2.05) is 0 Å². The van der Waals surface area contributed by atoms with Crippen molar-refractivity contribution in [3.8, 4) is 0 Å². The van der Waals surface area contributed by atoms with Gasteiger partial charge < -0.3 is 10.4 Å². The van der Waals surface area contributed by atoms with E-state index in [0.29, 0.717) is 17.3 Å². The van der Waals surface area contributed by atoms with Gasteiger partial charge in [0.1, 0.15) is 5.82 Å². The van der Waals surface area contributed by atoms with Crippen LogP contribution in [0.4, 0.5) is 5.82 Å². The van der Waals surface area contributed by atoms with Gasteiger partial charge in [-0.15, -0.1) is 0 Å². The maximum atomic E-state index is 10.7. The molecule has 2 N–H and O–H groups in total. The quantitative estimate of drug-likeness (QED) is 0.861. The molecule has 0 unspecified atom stereocenters. The molecule has 0 aliphatic heterocycles. The third-order valence-corrected chi connectivity index (χ3v) is 3.56. The van der Waals surface area contributed by atoms with E-state index in [1.54, 1.807) is 0 Å². The number of carboxylic acids is 1. The minimum absolute atomic E-state index is 0.0228. The number of aromatic nitrogens is 2. The van der Waals surface area contributed by atoms with Gasteiger partial charge in [-0.1, -0.05) is 13.8 Å². The van der Waals surface area contributed by atoms with Crippen LogP contribution >= 0.6 is 0 Å². The number of rotatable bonds is 3. The Labute approximate surface area is 107 Å². The van der Waals surface area contributed by atoms with Crippen LogP contribution in [-0.4, -0.2) is 27.1 Å². The van der Waals surface area contributed by atoms with Gasteiger partial charge in [0.15, 0.2) is 5.69 Å². The molecule has 5 heteroatoms. The van der Waals surface area contributed by atoms with Gasteiger partial charge >= 0.3 is 5.97 Å². The lowest BCUT2D eigenvalue weighted by molar-refractivity contribution is 0.0690. The van der Waals surface area contributed by atoms with Gasteiger partial charge in [-0.3, -0.25) is 0 Å². The van der Waals surface area contributed by atoms with Gasteiger partial charge in [-0.2, -0.15) is 0 Å². The molecule has 0 amide bonds. The summed E-state index contributed by atoms with van der Waals surface area (Å²) in [5, 5.41) is 12.1. The highest BCUT2D eigenvalue weighted by Gasteiger charge is 2.26. The summed E-state index contributed by atoms with van der Waals surface area (Å²) in [7, 11) is 0. The van der Waals surface area contributed by atoms with E-state index in [2.05, 4.69) is 29.1 Å². The van der Waals surface area contributed by atoms with Crippen LogP contribution < -0.4 is 5.32 Å². The number of aromatic carboxylic acids is 1. The third kappa shape index (κ3) is 3.18. The fourth-order valence-electron chi connectivity index (χ4n) is 2.27. The fraction of sp³-hybridized carbons (Fsp3) is 0.615. The summed E-state index contributed by atoms with van der Waals surface area (Å²) in [6, 6.07) is 0.419. The number of hydrogen-bond donors (Lipinski definition) is 2. The van der Waals surface area contributed by atoms with Crippen molar-refractivity contribution in [1.82, 2.24) is 9.97 Å². The Morgan fingerprint density at radius 3 is 2.50 bits per heavy atom. The highest BCUT2D eigenvalue weighted by atomic mass is 16.4. The van der Waals surface area contributed by atoms with E-state index >= 15 is 0 Å². The first-order valence-corrected chi connectivity index (χ1v) is 6.28. The van der Waals surface area contributed by atoms with Crippen LogP contribution in [0.1, 0.15) is 50.0 Å². The van der Waals surface area contributed by atoms with Gasteiger partial charge in [-0.05, 0) is 31.1 Å². The van der Waals surface area contributed by atoms with Crippen LogP contribution in [0.25, 0.3) is 0 Å². The molecule has 0 atom stereocenters. The normalized spacial score (nSPS) is 19.4. The molecule has 0 bridgehead atoms. The van der Waals surface area contributed by atoms with Gasteiger partial charge in [0, 0.05) is 6.04 Å². The smallest absolute Gasteiger partial charge is 0.356 e. The summed E-state index contributed by atoms with van der Waals surface area (Å²) < 4.78 is 0. The molecular weight excluding hydrogens is 230 g/mol. The van der Waals surface area contributed by atoms with Gasteiger partial charge in [0.25, 0.3) is 0 Å². The van der Waals surface area contributed by atoms with Gasteiger partial charge in [0.05, 0.1) is 12.4 Å². The maximum absolute atomic E-state index is 10.7. The molecule has 1 aliphatic carbocycles. The molecule has 0 saturated heterocycles. The summed E-state index contributed by atoms with van der Waals surface area (Å²) in [5.41, 5.74) is 0.419. The second-order valence-corrected chi connectivity index (χ2v) is 5.67. The zero-order valence-corrected chi connectivity index (χ0v) is 10.8. The summed E-state index contributed by atoms with van der Waals surface area (Å²) in [6.45, 7) is 4.59. The predicted molar refractivity (Wildman–Crippen MR) is 68.7 cm³/mol. The van der Waals surface area contributed by atoms with E-state index in [0.717, 1.165) is 12.8 Å².